The summed E-state index contributed by atoms with van der Waals surface area (Å²) < 4.78 is 19.5. The number of methoxy groups -OCH3 is 2. The molecule has 22 heavy (non-hydrogen) atoms. The van der Waals surface area contributed by atoms with Gasteiger partial charge in [0.25, 0.3) is 0 Å². The van der Waals surface area contributed by atoms with Crippen LogP contribution in [-0.2, 0) is 14.2 Å². The van der Waals surface area contributed by atoms with Crippen LogP contribution in [0.1, 0.15) is 38.2 Å². The summed E-state index contributed by atoms with van der Waals surface area (Å²) in [6, 6.07) is 4.16. The van der Waals surface area contributed by atoms with Crippen molar-refractivity contribution in [2.75, 3.05) is 20.8 Å². The Hall–Kier alpha value is -2.83. The lowest BCUT2D eigenvalue weighted by Crippen LogP contribution is -2.11. The average Bonchev–Trinajstić information content (AvgIpc) is 2.95. The van der Waals surface area contributed by atoms with Gasteiger partial charge in [-0.1, -0.05) is 0 Å². The second-order valence-corrected chi connectivity index (χ2v) is 4.25. The van der Waals surface area contributed by atoms with Gasteiger partial charge in [0.05, 0.1) is 32.0 Å². The van der Waals surface area contributed by atoms with Crippen LogP contribution < -0.4 is 0 Å². The van der Waals surface area contributed by atoms with Crippen LogP contribution in [0, 0.1) is 0 Å². The minimum Gasteiger partial charge on any atom is -0.465 e. The summed E-state index contributed by atoms with van der Waals surface area (Å²) in [5.74, 6) is -2.05. The maximum absolute atomic E-state index is 11.8. The Bertz CT molecular complexity index is 689. The van der Waals surface area contributed by atoms with Crippen molar-refractivity contribution < 1.29 is 33.0 Å². The van der Waals surface area contributed by atoms with Crippen LogP contribution in [0.2, 0.25) is 0 Å². The lowest BCUT2D eigenvalue weighted by Gasteiger charge is -2.05. The van der Waals surface area contributed by atoms with Crippen molar-refractivity contribution in [3.8, 4) is 0 Å². The summed E-state index contributed by atoms with van der Waals surface area (Å²) in [5.41, 5.74) is 0.278. The Morgan fingerprint density at radius 3 is 2.09 bits per heavy atom. The van der Waals surface area contributed by atoms with Gasteiger partial charge in [0.1, 0.15) is 5.58 Å². The monoisotopic (exact) mass is 306 g/mol. The molecule has 0 N–H and O–H groups in total. The molecule has 0 amide bonds. The van der Waals surface area contributed by atoms with E-state index in [9.17, 15) is 14.4 Å². The highest BCUT2D eigenvalue weighted by atomic mass is 16.5. The van der Waals surface area contributed by atoms with Crippen LogP contribution in [0.4, 0.5) is 0 Å². The largest absolute Gasteiger partial charge is 0.465 e. The highest BCUT2D eigenvalue weighted by Crippen LogP contribution is 2.25. The smallest absolute Gasteiger partial charge is 0.374 e. The molecule has 2 rings (SSSR count). The van der Waals surface area contributed by atoms with Gasteiger partial charge in [0.15, 0.2) is 0 Å². The fourth-order valence-electron chi connectivity index (χ4n) is 1.95. The van der Waals surface area contributed by atoms with Gasteiger partial charge < -0.3 is 18.6 Å². The summed E-state index contributed by atoms with van der Waals surface area (Å²) in [5, 5.41) is 0.469. The van der Waals surface area contributed by atoms with Crippen molar-refractivity contribution in [2.24, 2.45) is 0 Å². The molecule has 2 aromatic rings. The zero-order valence-electron chi connectivity index (χ0n) is 12.3. The van der Waals surface area contributed by atoms with E-state index in [0.29, 0.717) is 5.39 Å². The molecule has 0 aliphatic carbocycles. The van der Waals surface area contributed by atoms with Gasteiger partial charge >= 0.3 is 17.9 Å². The summed E-state index contributed by atoms with van der Waals surface area (Å²) in [6.45, 7) is 1.88. The molecule has 0 spiro atoms. The second kappa shape index (κ2) is 6.30. The molecule has 0 fully saturated rings. The molecule has 0 saturated carbocycles. The molecule has 7 heteroatoms. The molecule has 1 aromatic heterocycles. The van der Waals surface area contributed by atoms with E-state index in [1.165, 1.54) is 32.4 Å². The van der Waals surface area contributed by atoms with Crippen LogP contribution in [0.3, 0.4) is 0 Å². The molecule has 0 aliphatic heterocycles. The van der Waals surface area contributed by atoms with Crippen molar-refractivity contribution in [2.45, 2.75) is 6.92 Å². The van der Waals surface area contributed by atoms with Crippen LogP contribution in [-0.4, -0.2) is 38.7 Å². The minimum absolute atomic E-state index is 0.00777. The van der Waals surface area contributed by atoms with Gasteiger partial charge in [-0.05, 0) is 25.1 Å². The molecular formula is C15H14O7. The number of fused-ring (bicyclic) bond motifs is 1. The zero-order chi connectivity index (χ0) is 16.3. The van der Waals surface area contributed by atoms with Crippen LogP contribution >= 0.6 is 0 Å². The summed E-state index contributed by atoms with van der Waals surface area (Å²) >= 11 is 0. The molecule has 0 aliphatic rings. The molecule has 0 radical (unpaired) electrons. The standard InChI is InChI=1S/C15H14O7/c1-4-21-15(18)12-6-8-5-9(13(16)19-2)10(14(17)20-3)7-11(8)22-12/h5-7H,4H2,1-3H3. The number of furan rings is 1. The van der Waals surface area contributed by atoms with Crippen molar-refractivity contribution in [1.29, 1.82) is 0 Å². The fraction of sp³-hybridized carbons (Fsp3) is 0.267. The molecule has 116 valence electrons. The number of ether oxygens (including phenoxy) is 3. The normalized spacial score (nSPS) is 10.3. The van der Waals surface area contributed by atoms with Crippen LogP contribution in [0.15, 0.2) is 22.6 Å². The molecule has 0 atom stereocenters. The van der Waals surface area contributed by atoms with Gasteiger partial charge in [-0.2, -0.15) is 0 Å². The van der Waals surface area contributed by atoms with Gasteiger partial charge in [0.2, 0.25) is 5.76 Å². The van der Waals surface area contributed by atoms with Gasteiger partial charge in [0, 0.05) is 5.39 Å². The second-order valence-electron chi connectivity index (χ2n) is 4.25. The first-order chi connectivity index (χ1) is 10.5. The van der Waals surface area contributed by atoms with E-state index >= 15 is 0 Å². The quantitative estimate of drug-likeness (QED) is 0.631. The highest BCUT2D eigenvalue weighted by molar-refractivity contribution is 6.07. The number of esters is 3. The molecule has 1 heterocycles. The van der Waals surface area contributed by atoms with E-state index in [-0.39, 0.29) is 29.1 Å². The minimum atomic E-state index is -0.712. The third-order valence-corrected chi connectivity index (χ3v) is 2.94. The van der Waals surface area contributed by atoms with E-state index in [1.807, 2.05) is 0 Å². The Morgan fingerprint density at radius 1 is 0.955 bits per heavy atom. The molecular weight excluding hydrogens is 292 g/mol. The predicted octanol–water partition coefficient (Wildman–Crippen LogP) is 2.18. The maximum Gasteiger partial charge on any atom is 0.374 e. The summed E-state index contributed by atoms with van der Waals surface area (Å²) in [7, 11) is 2.40. The first kappa shape index (κ1) is 15.6. The van der Waals surface area contributed by atoms with E-state index in [0.717, 1.165) is 0 Å². The topological polar surface area (TPSA) is 92.0 Å². The lowest BCUT2D eigenvalue weighted by atomic mass is 10.1. The number of rotatable bonds is 4. The fourth-order valence-corrected chi connectivity index (χ4v) is 1.95. The van der Waals surface area contributed by atoms with Crippen LogP contribution in [0.5, 0.6) is 0 Å². The third kappa shape index (κ3) is 2.78. The average molecular weight is 306 g/mol. The molecule has 7 nitrogen and oxygen atoms in total. The van der Waals surface area contributed by atoms with Crippen molar-refractivity contribution in [3.63, 3.8) is 0 Å². The van der Waals surface area contributed by atoms with E-state index in [4.69, 9.17) is 9.15 Å². The van der Waals surface area contributed by atoms with E-state index in [1.54, 1.807) is 6.92 Å². The first-order valence-electron chi connectivity index (χ1n) is 6.43. The maximum atomic E-state index is 11.8. The van der Waals surface area contributed by atoms with E-state index in [2.05, 4.69) is 9.47 Å². The van der Waals surface area contributed by atoms with Crippen molar-refractivity contribution >= 4 is 28.9 Å². The Balaban J connectivity index is 2.60. The zero-order valence-corrected chi connectivity index (χ0v) is 12.3. The number of carbonyl (C=O) groups is 3. The summed E-state index contributed by atoms with van der Waals surface area (Å²) in [6.07, 6.45) is 0. The van der Waals surface area contributed by atoms with Crippen molar-refractivity contribution in [1.82, 2.24) is 0 Å². The lowest BCUT2D eigenvalue weighted by molar-refractivity contribution is 0.0492. The molecule has 0 bridgehead atoms. The number of hydrogen-bond acceptors (Lipinski definition) is 7. The van der Waals surface area contributed by atoms with Crippen molar-refractivity contribution in [3.05, 3.63) is 35.1 Å². The third-order valence-electron chi connectivity index (χ3n) is 2.94. The number of carbonyl (C=O) groups excluding carboxylic acids is 3. The Morgan fingerprint density at radius 2 is 1.55 bits per heavy atom. The number of benzene rings is 1. The van der Waals surface area contributed by atoms with Gasteiger partial charge in [-0.15, -0.1) is 0 Å². The van der Waals surface area contributed by atoms with E-state index < -0.39 is 17.9 Å². The Labute approximate surface area is 125 Å². The number of hydrogen-bond donors (Lipinski definition) is 0. The predicted molar refractivity (Wildman–Crippen MR) is 74.8 cm³/mol. The molecule has 0 saturated heterocycles. The molecule has 0 unspecified atom stereocenters. The Kier molecular flexibility index (Phi) is 4.45. The van der Waals surface area contributed by atoms with Gasteiger partial charge in [-0.25, -0.2) is 14.4 Å². The SMILES string of the molecule is CCOC(=O)c1cc2cc(C(=O)OC)c(C(=O)OC)cc2o1. The first-order valence-corrected chi connectivity index (χ1v) is 6.43. The highest BCUT2D eigenvalue weighted by Gasteiger charge is 2.22. The summed E-state index contributed by atoms with van der Waals surface area (Å²) in [4.78, 5) is 35.2. The van der Waals surface area contributed by atoms with Gasteiger partial charge in [-0.3, -0.25) is 0 Å². The molecule has 1 aromatic carbocycles. The van der Waals surface area contributed by atoms with Crippen LogP contribution in [0.25, 0.3) is 11.0 Å².